The summed E-state index contributed by atoms with van der Waals surface area (Å²) in [5.74, 6) is 0.105. The van der Waals surface area contributed by atoms with Gasteiger partial charge in [-0.2, -0.15) is 0 Å². The molecule has 2 amide bonds. The van der Waals surface area contributed by atoms with Gasteiger partial charge in [0.25, 0.3) is 0 Å². The number of carbonyl (C=O) groups is 2. The minimum Gasteiger partial charge on any atom is -0.474 e. The third-order valence-corrected chi connectivity index (χ3v) is 4.67. The van der Waals surface area contributed by atoms with Crippen LogP contribution < -0.4 is 10.1 Å². The van der Waals surface area contributed by atoms with Gasteiger partial charge in [-0.3, -0.25) is 9.59 Å². The molecule has 148 valence electrons. The van der Waals surface area contributed by atoms with E-state index in [0.29, 0.717) is 49.5 Å². The Labute approximate surface area is 163 Å². The first-order valence-corrected chi connectivity index (χ1v) is 9.48. The van der Waals surface area contributed by atoms with Gasteiger partial charge in [0.15, 0.2) is 0 Å². The highest BCUT2D eigenvalue weighted by molar-refractivity contribution is 5.90. The SMILES string of the molecule is CCC(=O)Nc1ccc(OC2CCN(C(=O)Cc3cccc(F)c3)CC2)nc1. The number of hydrogen-bond donors (Lipinski definition) is 1. The molecule has 0 radical (unpaired) electrons. The lowest BCUT2D eigenvalue weighted by Crippen LogP contribution is -2.42. The summed E-state index contributed by atoms with van der Waals surface area (Å²) < 4.78 is 19.1. The van der Waals surface area contributed by atoms with Gasteiger partial charge in [0.05, 0.1) is 18.3 Å². The number of carbonyl (C=O) groups excluding carboxylic acids is 2. The first-order chi connectivity index (χ1) is 13.5. The van der Waals surface area contributed by atoms with Crippen LogP contribution >= 0.6 is 0 Å². The Morgan fingerprint density at radius 1 is 1.25 bits per heavy atom. The fraction of sp³-hybridized carbons (Fsp3) is 0.381. The van der Waals surface area contributed by atoms with Crippen molar-refractivity contribution in [1.82, 2.24) is 9.88 Å². The van der Waals surface area contributed by atoms with Crippen molar-refractivity contribution in [3.05, 3.63) is 54.0 Å². The number of piperidine rings is 1. The molecule has 3 rings (SSSR count). The highest BCUT2D eigenvalue weighted by Gasteiger charge is 2.24. The number of hydrogen-bond acceptors (Lipinski definition) is 4. The highest BCUT2D eigenvalue weighted by atomic mass is 19.1. The average molecular weight is 385 g/mol. The zero-order valence-electron chi connectivity index (χ0n) is 15.9. The van der Waals surface area contributed by atoms with E-state index in [1.165, 1.54) is 12.1 Å². The largest absolute Gasteiger partial charge is 0.474 e. The Morgan fingerprint density at radius 3 is 2.68 bits per heavy atom. The summed E-state index contributed by atoms with van der Waals surface area (Å²) in [6.07, 6.45) is 3.60. The van der Waals surface area contributed by atoms with Gasteiger partial charge in [0.2, 0.25) is 17.7 Å². The van der Waals surface area contributed by atoms with Crippen molar-refractivity contribution in [3.63, 3.8) is 0 Å². The van der Waals surface area contributed by atoms with E-state index < -0.39 is 0 Å². The Hall–Kier alpha value is -2.96. The third-order valence-electron chi connectivity index (χ3n) is 4.67. The smallest absolute Gasteiger partial charge is 0.226 e. The Morgan fingerprint density at radius 2 is 2.04 bits per heavy atom. The molecule has 28 heavy (non-hydrogen) atoms. The molecule has 1 N–H and O–H groups in total. The maximum atomic E-state index is 13.3. The maximum absolute atomic E-state index is 13.3. The first kappa shape index (κ1) is 19.8. The standard InChI is InChI=1S/C21H24FN3O3/c1-2-19(26)24-17-6-7-20(23-14-17)28-18-8-10-25(11-9-18)21(27)13-15-4-3-5-16(22)12-15/h3-7,12,14,18H,2,8-11,13H2,1H3,(H,24,26). The van der Waals surface area contributed by atoms with Crippen molar-refractivity contribution >= 4 is 17.5 Å². The van der Waals surface area contributed by atoms with Crippen LogP contribution in [0.3, 0.4) is 0 Å². The normalized spacial score (nSPS) is 14.6. The molecule has 1 aliphatic rings. The predicted molar refractivity (Wildman–Crippen MR) is 103 cm³/mol. The molecule has 1 fully saturated rings. The molecule has 0 atom stereocenters. The second kappa shape index (κ2) is 9.30. The molecule has 2 heterocycles. The van der Waals surface area contributed by atoms with Crippen LogP contribution in [-0.2, 0) is 16.0 Å². The highest BCUT2D eigenvalue weighted by Crippen LogP contribution is 2.19. The molecule has 0 bridgehead atoms. The van der Waals surface area contributed by atoms with E-state index in [-0.39, 0.29) is 30.2 Å². The summed E-state index contributed by atoms with van der Waals surface area (Å²) in [5.41, 5.74) is 1.32. The maximum Gasteiger partial charge on any atom is 0.226 e. The van der Waals surface area contributed by atoms with Crippen LogP contribution in [0.2, 0.25) is 0 Å². The Bertz CT molecular complexity index is 818. The molecular weight excluding hydrogens is 361 g/mol. The van der Waals surface area contributed by atoms with E-state index in [0.717, 1.165) is 0 Å². The van der Waals surface area contributed by atoms with Crippen molar-refractivity contribution in [3.8, 4) is 5.88 Å². The zero-order valence-corrected chi connectivity index (χ0v) is 15.9. The van der Waals surface area contributed by atoms with E-state index in [1.54, 1.807) is 42.3 Å². The van der Waals surface area contributed by atoms with Gasteiger partial charge >= 0.3 is 0 Å². The van der Waals surface area contributed by atoms with Crippen molar-refractivity contribution in [1.29, 1.82) is 0 Å². The van der Waals surface area contributed by atoms with Crippen molar-refractivity contribution < 1.29 is 18.7 Å². The number of aromatic nitrogens is 1. The van der Waals surface area contributed by atoms with Crippen LogP contribution in [0.15, 0.2) is 42.6 Å². The quantitative estimate of drug-likeness (QED) is 0.829. The van der Waals surface area contributed by atoms with Gasteiger partial charge < -0.3 is 15.0 Å². The number of pyridine rings is 1. The summed E-state index contributed by atoms with van der Waals surface area (Å²) in [6, 6.07) is 9.63. The van der Waals surface area contributed by atoms with Gasteiger partial charge in [-0.15, -0.1) is 0 Å². The summed E-state index contributed by atoms with van der Waals surface area (Å²) in [4.78, 5) is 29.8. The van der Waals surface area contributed by atoms with Gasteiger partial charge in [0, 0.05) is 38.4 Å². The van der Waals surface area contributed by atoms with Crippen LogP contribution in [0, 0.1) is 5.82 Å². The number of rotatable bonds is 6. The Balaban J connectivity index is 1.46. The van der Waals surface area contributed by atoms with Crippen molar-refractivity contribution in [2.75, 3.05) is 18.4 Å². The summed E-state index contributed by atoms with van der Waals surface area (Å²) in [7, 11) is 0. The van der Waals surface area contributed by atoms with Crippen LogP contribution in [-0.4, -0.2) is 40.9 Å². The summed E-state index contributed by atoms with van der Waals surface area (Å²) >= 11 is 0. The van der Waals surface area contributed by atoms with Crippen LogP contribution in [0.25, 0.3) is 0 Å². The van der Waals surface area contributed by atoms with E-state index in [9.17, 15) is 14.0 Å². The number of halogens is 1. The minimum atomic E-state index is -0.329. The number of anilines is 1. The second-order valence-electron chi connectivity index (χ2n) is 6.79. The predicted octanol–water partition coefficient (Wildman–Crippen LogP) is 3.18. The number of likely N-dealkylation sites (tertiary alicyclic amines) is 1. The van der Waals surface area contributed by atoms with Crippen LogP contribution in [0.1, 0.15) is 31.7 Å². The molecule has 0 saturated carbocycles. The molecule has 0 unspecified atom stereocenters. The zero-order chi connectivity index (χ0) is 19.9. The first-order valence-electron chi connectivity index (χ1n) is 9.48. The second-order valence-corrected chi connectivity index (χ2v) is 6.79. The molecule has 0 spiro atoms. The topological polar surface area (TPSA) is 71.5 Å². The van der Waals surface area contributed by atoms with E-state index in [2.05, 4.69) is 10.3 Å². The van der Waals surface area contributed by atoms with E-state index in [4.69, 9.17) is 4.74 Å². The number of amides is 2. The Kier molecular flexibility index (Phi) is 6.57. The lowest BCUT2D eigenvalue weighted by Gasteiger charge is -2.32. The third kappa shape index (κ3) is 5.52. The van der Waals surface area contributed by atoms with E-state index >= 15 is 0 Å². The lowest BCUT2D eigenvalue weighted by atomic mass is 10.1. The summed E-state index contributed by atoms with van der Waals surface area (Å²) in [5, 5.41) is 2.74. The summed E-state index contributed by atoms with van der Waals surface area (Å²) in [6.45, 7) is 2.99. The fourth-order valence-corrected chi connectivity index (χ4v) is 3.10. The number of benzene rings is 1. The van der Waals surface area contributed by atoms with Crippen LogP contribution in [0.4, 0.5) is 10.1 Å². The molecule has 1 aromatic carbocycles. The molecular formula is C21H24FN3O3. The van der Waals surface area contributed by atoms with E-state index in [1.807, 2.05) is 0 Å². The van der Waals surface area contributed by atoms with Gasteiger partial charge in [0.1, 0.15) is 11.9 Å². The molecule has 1 saturated heterocycles. The molecule has 1 aliphatic heterocycles. The average Bonchev–Trinajstić information content (AvgIpc) is 2.70. The number of nitrogens with one attached hydrogen (secondary N) is 1. The lowest BCUT2D eigenvalue weighted by molar-refractivity contribution is -0.132. The van der Waals surface area contributed by atoms with Gasteiger partial charge in [-0.05, 0) is 23.8 Å². The monoisotopic (exact) mass is 385 g/mol. The number of nitrogens with zero attached hydrogens (tertiary/aromatic N) is 2. The number of ether oxygens (including phenoxy) is 1. The minimum absolute atomic E-state index is 0.00167. The molecule has 0 aliphatic carbocycles. The van der Waals surface area contributed by atoms with Gasteiger partial charge in [-0.25, -0.2) is 9.37 Å². The van der Waals surface area contributed by atoms with Crippen LogP contribution in [0.5, 0.6) is 5.88 Å². The van der Waals surface area contributed by atoms with Gasteiger partial charge in [-0.1, -0.05) is 19.1 Å². The van der Waals surface area contributed by atoms with Crippen molar-refractivity contribution in [2.24, 2.45) is 0 Å². The van der Waals surface area contributed by atoms with Crippen molar-refractivity contribution in [2.45, 2.75) is 38.7 Å². The molecule has 6 nitrogen and oxygen atoms in total. The molecule has 7 heteroatoms. The molecule has 1 aromatic heterocycles. The molecule has 2 aromatic rings. The fourth-order valence-electron chi connectivity index (χ4n) is 3.10.